The van der Waals surface area contributed by atoms with Crippen LogP contribution in [0.2, 0.25) is 0 Å². The molecule has 0 heterocycles. The van der Waals surface area contributed by atoms with Gasteiger partial charge in [0.15, 0.2) is 0 Å². The topological polar surface area (TPSA) is 91.3 Å². The van der Waals surface area contributed by atoms with Crippen LogP contribution in [0.15, 0.2) is 0 Å². The van der Waals surface area contributed by atoms with Crippen LogP contribution in [0.25, 0.3) is 0 Å². The summed E-state index contributed by atoms with van der Waals surface area (Å²) in [6.45, 7) is 1.59. The monoisotopic (exact) mass is 474 g/mol. The zero-order valence-corrected chi connectivity index (χ0v) is 21.3. The first kappa shape index (κ1) is 31.8. The van der Waals surface area contributed by atoms with Crippen LogP contribution in [0.1, 0.15) is 109 Å². The Morgan fingerprint density at radius 1 is 0.606 bits per heavy atom. The van der Waals surface area contributed by atoms with Crippen molar-refractivity contribution in [2.75, 3.05) is 40.6 Å². The third-order valence-electron chi connectivity index (χ3n) is 5.76. The molecule has 0 aromatic heterocycles. The number of methoxy groups -OCH3 is 2. The number of hydrogen-bond acceptors (Lipinski definition) is 7. The summed E-state index contributed by atoms with van der Waals surface area (Å²) in [5.74, 6) is -0.293. The largest absolute Gasteiger partial charge is 0.469 e. The molecular weight excluding hydrogens is 424 g/mol. The van der Waals surface area contributed by atoms with Crippen LogP contribution in [-0.2, 0) is 28.5 Å². The highest BCUT2D eigenvalue weighted by Crippen LogP contribution is 2.13. The van der Waals surface area contributed by atoms with Crippen LogP contribution >= 0.6 is 0 Å². The zero-order valence-electron chi connectivity index (χ0n) is 21.3. The van der Waals surface area contributed by atoms with Crippen LogP contribution in [0.3, 0.4) is 0 Å². The van der Waals surface area contributed by atoms with Crippen LogP contribution in [-0.4, -0.2) is 63.8 Å². The Labute approximate surface area is 201 Å². The Morgan fingerprint density at radius 3 is 1.45 bits per heavy atom. The van der Waals surface area contributed by atoms with Crippen molar-refractivity contribution in [3.05, 3.63) is 0 Å². The fourth-order valence-corrected chi connectivity index (χ4v) is 3.61. The quantitative estimate of drug-likeness (QED) is 0.141. The number of carbonyl (C=O) groups is 2. The van der Waals surface area contributed by atoms with Gasteiger partial charge in [-0.2, -0.15) is 0 Å². The molecule has 0 aromatic rings. The van der Waals surface area contributed by atoms with Gasteiger partial charge in [0.2, 0.25) is 0 Å². The molecule has 0 aliphatic carbocycles. The Kier molecular flexibility index (Phi) is 24.5. The molecule has 0 fully saturated rings. The van der Waals surface area contributed by atoms with Gasteiger partial charge in [-0.1, -0.05) is 70.6 Å². The Hall–Kier alpha value is -1.18. The number of esters is 2. The normalized spacial score (nSPS) is 12.0. The third-order valence-corrected chi connectivity index (χ3v) is 5.76. The number of unbranched alkanes of at least 4 members (excludes halogenated alkanes) is 13. The highest BCUT2D eigenvalue weighted by atomic mass is 16.5. The third kappa shape index (κ3) is 23.8. The fraction of sp³-hybridized carbons (Fsp3) is 0.923. The molecule has 0 saturated heterocycles. The van der Waals surface area contributed by atoms with Crippen molar-refractivity contribution < 1.29 is 33.6 Å². The summed E-state index contributed by atoms with van der Waals surface area (Å²) in [6, 6.07) is 0. The van der Waals surface area contributed by atoms with Gasteiger partial charge in [0.25, 0.3) is 0 Å². The first-order chi connectivity index (χ1) is 16.1. The minimum Gasteiger partial charge on any atom is -0.469 e. The predicted octanol–water partition coefficient (Wildman–Crippen LogP) is 5.36. The number of carbonyl (C=O) groups excluding carboxylic acids is 2. The minimum atomic E-state index is -0.289. The summed E-state index contributed by atoms with van der Waals surface area (Å²) in [5, 5.41) is 9.37. The second-order valence-corrected chi connectivity index (χ2v) is 8.71. The Bertz CT molecular complexity index is 442. The molecule has 0 spiro atoms. The van der Waals surface area contributed by atoms with Crippen molar-refractivity contribution in [1.82, 2.24) is 0 Å². The molecule has 0 amide bonds. The number of rotatable bonds is 25. The zero-order chi connectivity index (χ0) is 24.4. The first-order valence-corrected chi connectivity index (χ1v) is 13.1. The maximum Gasteiger partial charge on any atom is 0.305 e. The average molecular weight is 475 g/mol. The van der Waals surface area contributed by atoms with Gasteiger partial charge in [0.05, 0.1) is 27.4 Å². The summed E-state index contributed by atoms with van der Waals surface area (Å²) in [7, 11) is 2.84. The summed E-state index contributed by atoms with van der Waals surface area (Å²) in [6.07, 6.45) is 18.1. The van der Waals surface area contributed by atoms with E-state index < -0.39 is 0 Å². The lowest BCUT2D eigenvalue weighted by Crippen LogP contribution is -2.24. The van der Waals surface area contributed by atoms with E-state index >= 15 is 0 Å². The van der Waals surface area contributed by atoms with Crippen LogP contribution in [0.5, 0.6) is 0 Å². The highest BCUT2D eigenvalue weighted by Gasteiger charge is 2.08. The molecule has 7 heteroatoms. The SMILES string of the molecule is COC(=O)CCCCCCCCCCCCCCCOC[C@H](CO)OCCCCC(=O)OC. The van der Waals surface area contributed by atoms with Crippen molar-refractivity contribution in [3.8, 4) is 0 Å². The van der Waals surface area contributed by atoms with E-state index in [4.69, 9.17) is 9.47 Å². The summed E-state index contributed by atoms with van der Waals surface area (Å²) < 4.78 is 20.5. The molecule has 33 heavy (non-hydrogen) atoms. The molecule has 0 radical (unpaired) electrons. The molecule has 196 valence electrons. The molecule has 0 unspecified atom stereocenters. The van der Waals surface area contributed by atoms with E-state index in [2.05, 4.69) is 9.47 Å². The molecule has 0 rings (SSSR count). The lowest BCUT2D eigenvalue weighted by Gasteiger charge is -2.15. The van der Waals surface area contributed by atoms with Gasteiger partial charge >= 0.3 is 11.9 Å². The summed E-state index contributed by atoms with van der Waals surface area (Å²) >= 11 is 0. The van der Waals surface area contributed by atoms with E-state index in [9.17, 15) is 14.7 Å². The van der Waals surface area contributed by atoms with Gasteiger partial charge in [0, 0.05) is 26.1 Å². The minimum absolute atomic E-state index is 0.0492. The molecule has 0 bridgehead atoms. The molecule has 1 N–H and O–H groups in total. The molecular formula is C26H50O7. The van der Waals surface area contributed by atoms with Crippen molar-refractivity contribution in [2.45, 2.75) is 115 Å². The van der Waals surface area contributed by atoms with Gasteiger partial charge in [-0.05, 0) is 25.7 Å². The maximum absolute atomic E-state index is 11.0. The van der Waals surface area contributed by atoms with Gasteiger partial charge in [-0.15, -0.1) is 0 Å². The molecule has 1 atom stereocenters. The molecule has 0 saturated carbocycles. The molecule has 0 aliphatic heterocycles. The van der Waals surface area contributed by atoms with Crippen LogP contribution in [0, 0.1) is 0 Å². The number of hydrogen-bond donors (Lipinski definition) is 1. The average Bonchev–Trinajstić information content (AvgIpc) is 2.83. The Morgan fingerprint density at radius 2 is 1.00 bits per heavy atom. The van der Waals surface area contributed by atoms with E-state index in [1.165, 1.54) is 78.4 Å². The molecule has 0 aliphatic rings. The second-order valence-electron chi connectivity index (χ2n) is 8.71. The van der Waals surface area contributed by atoms with Gasteiger partial charge in [-0.25, -0.2) is 0 Å². The smallest absolute Gasteiger partial charge is 0.305 e. The van der Waals surface area contributed by atoms with Gasteiger partial charge in [0.1, 0.15) is 6.10 Å². The van der Waals surface area contributed by atoms with E-state index in [0.29, 0.717) is 32.7 Å². The standard InChI is InChI=1S/C26H50O7/c1-30-25(28)18-14-12-10-8-6-4-3-5-7-9-11-13-16-20-32-23-24(22-27)33-21-17-15-19-26(29)31-2/h24,27H,3-23H2,1-2H3/t24-/m0/s1. The maximum atomic E-state index is 11.0. The van der Waals surface area contributed by atoms with Crippen LogP contribution < -0.4 is 0 Å². The van der Waals surface area contributed by atoms with E-state index in [-0.39, 0.29) is 24.6 Å². The summed E-state index contributed by atoms with van der Waals surface area (Å²) in [5.41, 5.74) is 0. The highest BCUT2D eigenvalue weighted by molar-refractivity contribution is 5.69. The van der Waals surface area contributed by atoms with Gasteiger partial charge in [-0.3, -0.25) is 9.59 Å². The number of ether oxygens (including phenoxy) is 4. The first-order valence-electron chi connectivity index (χ1n) is 13.1. The van der Waals surface area contributed by atoms with E-state index in [1.54, 1.807) is 0 Å². The number of aliphatic hydroxyl groups excluding tert-OH is 1. The van der Waals surface area contributed by atoms with Crippen LogP contribution in [0.4, 0.5) is 0 Å². The van der Waals surface area contributed by atoms with Crippen molar-refractivity contribution >= 4 is 11.9 Å². The van der Waals surface area contributed by atoms with Crippen molar-refractivity contribution in [2.24, 2.45) is 0 Å². The lowest BCUT2D eigenvalue weighted by molar-refractivity contribution is -0.141. The van der Waals surface area contributed by atoms with Gasteiger partial charge < -0.3 is 24.1 Å². The molecule has 7 nitrogen and oxygen atoms in total. The van der Waals surface area contributed by atoms with E-state index in [1.807, 2.05) is 0 Å². The Balaban J connectivity index is 3.27. The second kappa shape index (κ2) is 25.4. The molecule has 0 aromatic carbocycles. The summed E-state index contributed by atoms with van der Waals surface area (Å²) in [4.78, 5) is 22.0. The fourth-order valence-electron chi connectivity index (χ4n) is 3.61. The predicted molar refractivity (Wildman–Crippen MR) is 130 cm³/mol. The number of aliphatic hydroxyl groups is 1. The van der Waals surface area contributed by atoms with Crippen molar-refractivity contribution in [3.63, 3.8) is 0 Å². The van der Waals surface area contributed by atoms with E-state index in [0.717, 1.165) is 32.1 Å². The lowest BCUT2D eigenvalue weighted by atomic mass is 10.0. The van der Waals surface area contributed by atoms with Crippen molar-refractivity contribution in [1.29, 1.82) is 0 Å².